The molecule has 15 heavy (non-hydrogen) atoms. The fourth-order valence-electron chi connectivity index (χ4n) is 1.57. The lowest BCUT2D eigenvalue weighted by atomic mass is 10.2. The molecule has 0 unspecified atom stereocenters. The van der Waals surface area contributed by atoms with Gasteiger partial charge in [-0.2, -0.15) is 0 Å². The van der Waals surface area contributed by atoms with Gasteiger partial charge in [-0.1, -0.05) is 22.0 Å². The Bertz CT molecular complexity index is 448. The van der Waals surface area contributed by atoms with Crippen molar-refractivity contribution in [2.75, 3.05) is 11.9 Å². The molecule has 0 saturated carbocycles. The fourth-order valence-corrected chi connectivity index (χ4v) is 1.79. The van der Waals surface area contributed by atoms with Gasteiger partial charge in [-0.3, -0.25) is 0 Å². The van der Waals surface area contributed by atoms with Crippen LogP contribution in [-0.4, -0.2) is 11.9 Å². The first kappa shape index (κ1) is 10.6. The van der Waals surface area contributed by atoms with Crippen molar-refractivity contribution in [3.8, 4) is 5.75 Å². The average molecular weight is 269 g/mol. The Balaban J connectivity index is 2.29. The van der Waals surface area contributed by atoms with Crippen molar-refractivity contribution in [2.24, 2.45) is 0 Å². The summed E-state index contributed by atoms with van der Waals surface area (Å²) in [5.41, 5.74) is 2.02. The number of rotatable bonds is 4. The highest BCUT2D eigenvalue weighted by Crippen LogP contribution is 2.29. The van der Waals surface area contributed by atoms with E-state index in [9.17, 15) is 0 Å². The molecule has 0 fully saturated rings. The molecule has 80 valence electrons. The Hall–Kier alpha value is -0.960. The summed E-state index contributed by atoms with van der Waals surface area (Å²) in [6.45, 7) is 2.76. The van der Waals surface area contributed by atoms with Gasteiger partial charge in [-0.15, -0.1) is 0 Å². The van der Waals surface area contributed by atoms with Gasteiger partial charge in [0.25, 0.3) is 0 Å². The molecule has 0 amide bonds. The third-order valence-corrected chi connectivity index (χ3v) is 2.84. The van der Waals surface area contributed by atoms with Crippen molar-refractivity contribution < 1.29 is 9.15 Å². The highest BCUT2D eigenvalue weighted by molar-refractivity contribution is 9.09. The van der Waals surface area contributed by atoms with Crippen molar-refractivity contribution in [3.05, 3.63) is 30.0 Å². The molecule has 1 heterocycles. The van der Waals surface area contributed by atoms with Gasteiger partial charge in [0, 0.05) is 5.33 Å². The topological polar surface area (TPSA) is 22.4 Å². The van der Waals surface area contributed by atoms with E-state index in [1.165, 1.54) is 0 Å². The molecule has 0 bridgehead atoms. The van der Waals surface area contributed by atoms with Crippen LogP contribution in [0.4, 0.5) is 0 Å². The Morgan fingerprint density at radius 2 is 2.27 bits per heavy atom. The van der Waals surface area contributed by atoms with Crippen LogP contribution in [0.3, 0.4) is 0 Å². The lowest BCUT2D eigenvalue weighted by Gasteiger charge is -2.06. The molecule has 2 nitrogen and oxygen atoms in total. The van der Waals surface area contributed by atoms with Gasteiger partial charge in [0.2, 0.25) is 0 Å². The number of hydrogen-bond donors (Lipinski definition) is 0. The minimum atomic E-state index is 0.731. The van der Waals surface area contributed by atoms with Gasteiger partial charge < -0.3 is 9.15 Å². The number of hydrogen-bond acceptors (Lipinski definition) is 2. The third-order valence-electron chi connectivity index (χ3n) is 2.28. The molecule has 0 aliphatic rings. The zero-order valence-electron chi connectivity index (χ0n) is 8.63. The number of alkyl halides is 1. The zero-order chi connectivity index (χ0) is 10.7. The first-order chi connectivity index (χ1) is 7.33. The van der Waals surface area contributed by atoms with Gasteiger partial charge in [-0.05, 0) is 31.0 Å². The largest absolute Gasteiger partial charge is 0.493 e. The van der Waals surface area contributed by atoms with Gasteiger partial charge >= 0.3 is 0 Å². The summed E-state index contributed by atoms with van der Waals surface area (Å²) in [5.74, 6) is 0.916. The Morgan fingerprint density at radius 1 is 1.40 bits per heavy atom. The van der Waals surface area contributed by atoms with Crippen LogP contribution in [-0.2, 0) is 0 Å². The summed E-state index contributed by atoms with van der Waals surface area (Å²) in [6, 6.07) is 5.90. The van der Waals surface area contributed by atoms with Gasteiger partial charge in [0.05, 0.1) is 18.3 Å². The lowest BCUT2D eigenvalue weighted by molar-refractivity contribution is 0.322. The summed E-state index contributed by atoms with van der Waals surface area (Å²) in [7, 11) is 0. The van der Waals surface area contributed by atoms with E-state index in [1.54, 1.807) is 6.26 Å². The normalized spacial score (nSPS) is 10.8. The predicted octanol–water partition coefficient (Wildman–Crippen LogP) is 3.91. The first-order valence-electron chi connectivity index (χ1n) is 4.98. The molecule has 3 heteroatoms. The Kier molecular flexibility index (Phi) is 3.31. The van der Waals surface area contributed by atoms with Crippen LogP contribution in [0.25, 0.3) is 11.0 Å². The van der Waals surface area contributed by atoms with E-state index in [1.807, 2.05) is 25.1 Å². The predicted molar refractivity (Wildman–Crippen MR) is 64.9 cm³/mol. The van der Waals surface area contributed by atoms with E-state index in [0.717, 1.165) is 40.6 Å². The van der Waals surface area contributed by atoms with E-state index in [0.29, 0.717) is 0 Å². The number of aryl methyl sites for hydroxylation is 1. The maximum atomic E-state index is 5.71. The van der Waals surface area contributed by atoms with Crippen LogP contribution in [0.1, 0.15) is 12.0 Å². The minimum Gasteiger partial charge on any atom is -0.493 e. The highest BCUT2D eigenvalue weighted by Gasteiger charge is 2.07. The van der Waals surface area contributed by atoms with Crippen molar-refractivity contribution in [3.63, 3.8) is 0 Å². The molecule has 2 aromatic rings. The molecular formula is C12H13BrO2. The Morgan fingerprint density at radius 3 is 3.07 bits per heavy atom. The first-order valence-corrected chi connectivity index (χ1v) is 6.10. The minimum absolute atomic E-state index is 0.731. The number of halogens is 1. The van der Waals surface area contributed by atoms with Crippen molar-refractivity contribution >= 4 is 26.9 Å². The summed E-state index contributed by atoms with van der Waals surface area (Å²) >= 11 is 3.38. The van der Waals surface area contributed by atoms with Gasteiger partial charge in [0.15, 0.2) is 0 Å². The summed E-state index contributed by atoms with van der Waals surface area (Å²) in [4.78, 5) is 0. The zero-order valence-corrected chi connectivity index (χ0v) is 10.2. The van der Waals surface area contributed by atoms with Crippen LogP contribution in [0.2, 0.25) is 0 Å². The molecule has 0 aliphatic heterocycles. The van der Waals surface area contributed by atoms with E-state index >= 15 is 0 Å². The second-order valence-corrected chi connectivity index (χ2v) is 4.23. The summed E-state index contributed by atoms with van der Waals surface area (Å²) in [6.07, 6.45) is 2.77. The molecule has 0 N–H and O–H groups in total. The molecule has 0 spiro atoms. The third kappa shape index (κ3) is 2.17. The molecular weight excluding hydrogens is 256 g/mol. The average Bonchev–Trinajstić information content (AvgIpc) is 2.62. The van der Waals surface area contributed by atoms with Crippen LogP contribution < -0.4 is 4.74 Å². The van der Waals surface area contributed by atoms with Crippen LogP contribution in [0, 0.1) is 6.92 Å². The smallest absolute Gasteiger partial charge is 0.137 e. The number of fused-ring (bicyclic) bond motifs is 1. The van der Waals surface area contributed by atoms with Crippen LogP contribution in [0.5, 0.6) is 5.75 Å². The quantitative estimate of drug-likeness (QED) is 0.620. The van der Waals surface area contributed by atoms with E-state index in [-0.39, 0.29) is 0 Å². The highest BCUT2D eigenvalue weighted by atomic mass is 79.9. The summed E-state index contributed by atoms with van der Waals surface area (Å²) < 4.78 is 11.1. The second kappa shape index (κ2) is 4.71. The van der Waals surface area contributed by atoms with Crippen molar-refractivity contribution in [1.29, 1.82) is 0 Å². The maximum Gasteiger partial charge on any atom is 0.137 e. The van der Waals surface area contributed by atoms with Crippen LogP contribution >= 0.6 is 15.9 Å². The number of ether oxygens (including phenoxy) is 1. The number of furan rings is 1. The molecule has 0 saturated heterocycles. The van der Waals surface area contributed by atoms with Gasteiger partial charge in [-0.25, -0.2) is 0 Å². The molecule has 0 aliphatic carbocycles. The molecule has 0 atom stereocenters. The SMILES string of the molecule is Cc1coc2cccc(OCCCBr)c12. The van der Waals surface area contributed by atoms with Crippen molar-refractivity contribution in [2.45, 2.75) is 13.3 Å². The second-order valence-electron chi connectivity index (χ2n) is 3.44. The van der Waals surface area contributed by atoms with Gasteiger partial charge in [0.1, 0.15) is 11.3 Å². The van der Waals surface area contributed by atoms with E-state index < -0.39 is 0 Å². The lowest BCUT2D eigenvalue weighted by Crippen LogP contribution is -1.97. The van der Waals surface area contributed by atoms with Crippen molar-refractivity contribution in [1.82, 2.24) is 0 Å². The number of benzene rings is 1. The Labute approximate surface area is 97.3 Å². The van der Waals surface area contributed by atoms with Crippen LogP contribution in [0.15, 0.2) is 28.9 Å². The molecule has 0 radical (unpaired) electrons. The fraction of sp³-hybridized carbons (Fsp3) is 0.333. The molecule has 1 aromatic carbocycles. The molecule has 2 rings (SSSR count). The summed E-state index contributed by atoms with van der Waals surface area (Å²) in [5, 5.41) is 2.06. The monoisotopic (exact) mass is 268 g/mol. The van der Waals surface area contributed by atoms with E-state index in [2.05, 4.69) is 15.9 Å². The standard InChI is InChI=1S/C12H13BrO2/c1-9-8-15-11-5-2-4-10(12(9)11)14-7-3-6-13/h2,4-5,8H,3,6-7H2,1H3. The van der Waals surface area contributed by atoms with E-state index in [4.69, 9.17) is 9.15 Å². The molecule has 1 aromatic heterocycles. The maximum absolute atomic E-state index is 5.71.